The van der Waals surface area contributed by atoms with Gasteiger partial charge in [-0.1, -0.05) is 17.7 Å². The van der Waals surface area contributed by atoms with Gasteiger partial charge >= 0.3 is 6.18 Å². The summed E-state index contributed by atoms with van der Waals surface area (Å²) in [5.74, 6) is 0. The molecule has 16 heavy (non-hydrogen) atoms. The third-order valence-corrected chi connectivity index (χ3v) is 2.29. The number of anilines is 1. The third kappa shape index (κ3) is 4.28. The maximum Gasteiger partial charge on any atom is 0.401 e. The average Bonchev–Trinajstić information content (AvgIpc) is 2.08. The summed E-state index contributed by atoms with van der Waals surface area (Å²) in [7, 11) is 1.40. The lowest BCUT2D eigenvalue weighted by molar-refractivity contribution is -0.144. The highest BCUT2D eigenvalue weighted by Gasteiger charge is 2.29. The Hall–Kier alpha value is -0.940. The Kier molecular flexibility index (Phi) is 4.04. The van der Waals surface area contributed by atoms with Crippen molar-refractivity contribution in [3.63, 3.8) is 0 Å². The Labute approximate surface area is 96.8 Å². The van der Waals surface area contributed by atoms with Crippen molar-refractivity contribution in [3.05, 3.63) is 28.8 Å². The van der Waals surface area contributed by atoms with E-state index in [9.17, 15) is 13.2 Å². The Balaban J connectivity index is 2.63. The molecule has 6 heteroatoms. The van der Waals surface area contributed by atoms with E-state index >= 15 is 0 Å². The largest absolute Gasteiger partial charge is 0.401 e. The first-order chi connectivity index (χ1) is 7.28. The minimum atomic E-state index is -4.19. The monoisotopic (exact) mass is 252 g/mol. The van der Waals surface area contributed by atoms with E-state index in [2.05, 4.69) is 0 Å². The second-order valence-electron chi connectivity index (χ2n) is 3.64. The lowest BCUT2D eigenvalue weighted by Gasteiger charge is -2.18. The maximum atomic E-state index is 12.1. The van der Waals surface area contributed by atoms with Gasteiger partial charge in [0, 0.05) is 6.54 Å². The van der Waals surface area contributed by atoms with Gasteiger partial charge < -0.3 is 5.73 Å². The maximum absolute atomic E-state index is 12.1. The second kappa shape index (κ2) is 4.93. The molecular weight excluding hydrogens is 241 g/mol. The third-order valence-electron chi connectivity index (χ3n) is 1.97. The van der Waals surface area contributed by atoms with E-state index in [0.717, 1.165) is 0 Å². The number of nitrogens with zero attached hydrogens (tertiary/aromatic N) is 1. The highest BCUT2D eigenvalue weighted by Crippen LogP contribution is 2.21. The van der Waals surface area contributed by atoms with Crippen LogP contribution < -0.4 is 5.73 Å². The summed E-state index contributed by atoms with van der Waals surface area (Å²) in [5.41, 5.74) is 6.62. The molecule has 0 heterocycles. The summed E-state index contributed by atoms with van der Waals surface area (Å²) in [6.45, 7) is -0.769. The Bertz CT molecular complexity index is 366. The molecule has 1 aromatic carbocycles. The van der Waals surface area contributed by atoms with Gasteiger partial charge in [-0.3, -0.25) is 4.90 Å². The van der Waals surface area contributed by atoms with E-state index in [1.807, 2.05) is 0 Å². The predicted molar refractivity (Wildman–Crippen MR) is 58.3 cm³/mol. The van der Waals surface area contributed by atoms with Crippen LogP contribution in [0.3, 0.4) is 0 Å². The van der Waals surface area contributed by atoms with Crippen molar-refractivity contribution >= 4 is 17.3 Å². The number of halogens is 4. The Morgan fingerprint density at radius 1 is 1.38 bits per heavy atom. The zero-order valence-corrected chi connectivity index (χ0v) is 9.44. The fourth-order valence-electron chi connectivity index (χ4n) is 1.34. The summed E-state index contributed by atoms with van der Waals surface area (Å²) in [5, 5.41) is 0.359. The van der Waals surface area contributed by atoms with Crippen LogP contribution in [-0.4, -0.2) is 24.7 Å². The molecular formula is C10H12ClF3N2. The van der Waals surface area contributed by atoms with Crippen molar-refractivity contribution in [1.29, 1.82) is 0 Å². The van der Waals surface area contributed by atoms with E-state index < -0.39 is 12.7 Å². The van der Waals surface area contributed by atoms with Crippen LogP contribution in [0.15, 0.2) is 18.2 Å². The van der Waals surface area contributed by atoms with E-state index in [-0.39, 0.29) is 6.54 Å². The van der Waals surface area contributed by atoms with E-state index in [4.69, 9.17) is 17.3 Å². The van der Waals surface area contributed by atoms with Crippen molar-refractivity contribution in [2.75, 3.05) is 19.3 Å². The summed E-state index contributed by atoms with van der Waals surface area (Å²) < 4.78 is 36.2. The Morgan fingerprint density at radius 3 is 2.50 bits per heavy atom. The van der Waals surface area contributed by atoms with Crippen LogP contribution in [0.2, 0.25) is 5.02 Å². The molecule has 2 N–H and O–H groups in total. The summed E-state index contributed by atoms with van der Waals surface area (Å²) >= 11 is 5.76. The molecule has 0 spiro atoms. The highest BCUT2D eigenvalue weighted by atomic mass is 35.5. The van der Waals surface area contributed by atoms with Gasteiger partial charge in [0.2, 0.25) is 0 Å². The number of alkyl halides is 3. The van der Waals surface area contributed by atoms with Crippen LogP contribution in [0.25, 0.3) is 0 Å². The van der Waals surface area contributed by atoms with Crippen molar-refractivity contribution in [3.8, 4) is 0 Å². The van der Waals surface area contributed by atoms with Crippen molar-refractivity contribution in [2.24, 2.45) is 0 Å². The molecule has 2 nitrogen and oxygen atoms in total. The molecule has 0 radical (unpaired) electrons. The number of nitrogen functional groups attached to an aromatic ring is 1. The first-order valence-electron chi connectivity index (χ1n) is 4.57. The standard InChI is InChI=1S/C10H12ClF3N2/c1-16(6-10(12,13)14)5-7-2-3-9(15)8(11)4-7/h2-4H,5-6,15H2,1H3. The number of hydrogen-bond donors (Lipinski definition) is 1. The van der Waals surface area contributed by atoms with E-state index in [1.54, 1.807) is 18.2 Å². The van der Waals surface area contributed by atoms with Crippen LogP contribution in [-0.2, 0) is 6.54 Å². The van der Waals surface area contributed by atoms with Gasteiger partial charge in [-0.15, -0.1) is 0 Å². The number of nitrogens with two attached hydrogens (primary N) is 1. The van der Waals surface area contributed by atoms with Gasteiger partial charge in [0.05, 0.1) is 17.3 Å². The molecule has 1 rings (SSSR count). The number of hydrogen-bond acceptors (Lipinski definition) is 2. The second-order valence-corrected chi connectivity index (χ2v) is 4.05. The van der Waals surface area contributed by atoms with Crippen molar-refractivity contribution in [1.82, 2.24) is 4.90 Å². The van der Waals surface area contributed by atoms with Gasteiger partial charge in [-0.25, -0.2) is 0 Å². The molecule has 0 saturated heterocycles. The first kappa shape index (κ1) is 13.1. The molecule has 0 unspecified atom stereocenters. The summed E-state index contributed by atoms with van der Waals surface area (Å²) in [6.07, 6.45) is -4.19. The predicted octanol–water partition coefficient (Wildman–Crippen LogP) is 2.92. The van der Waals surface area contributed by atoms with Gasteiger partial charge in [-0.2, -0.15) is 13.2 Å². The van der Waals surface area contributed by atoms with Gasteiger partial charge in [0.25, 0.3) is 0 Å². The summed E-state index contributed by atoms with van der Waals surface area (Å²) in [6, 6.07) is 4.82. The highest BCUT2D eigenvalue weighted by molar-refractivity contribution is 6.33. The fourth-order valence-corrected chi connectivity index (χ4v) is 1.55. The van der Waals surface area contributed by atoms with Gasteiger partial charge in [0.15, 0.2) is 0 Å². The van der Waals surface area contributed by atoms with Gasteiger partial charge in [0.1, 0.15) is 0 Å². The molecule has 0 atom stereocenters. The lowest BCUT2D eigenvalue weighted by atomic mass is 10.2. The molecule has 0 saturated carbocycles. The summed E-state index contributed by atoms with van der Waals surface area (Å²) in [4.78, 5) is 1.17. The zero-order chi connectivity index (χ0) is 12.3. The molecule has 90 valence electrons. The van der Waals surface area contributed by atoms with Crippen molar-refractivity contribution < 1.29 is 13.2 Å². The fraction of sp³-hybridized carbons (Fsp3) is 0.400. The molecule has 0 aliphatic rings. The number of rotatable bonds is 3. The SMILES string of the molecule is CN(Cc1ccc(N)c(Cl)c1)CC(F)(F)F. The molecule has 0 aromatic heterocycles. The first-order valence-corrected chi connectivity index (χ1v) is 4.95. The quantitative estimate of drug-likeness (QED) is 0.838. The van der Waals surface area contributed by atoms with Crippen LogP contribution in [0, 0.1) is 0 Å². The molecule has 0 fully saturated rings. The van der Waals surface area contributed by atoms with Gasteiger partial charge in [-0.05, 0) is 24.7 Å². The molecule has 1 aromatic rings. The topological polar surface area (TPSA) is 29.3 Å². The number of benzene rings is 1. The van der Waals surface area contributed by atoms with Crippen molar-refractivity contribution in [2.45, 2.75) is 12.7 Å². The average molecular weight is 253 g/mol. The normalized spacial score (nSPS) is 12.1. The van der Waals surface area contributed by atoms with E-state index in [0.29, 0.717) is 16.3 Å². The molecule has 0 amide bonds. The minimum absolute atomic E-state index is 0.180. The van der Waals surface area contributed by atoms with Crippen LogP contribution in [0.5, 0.6) is 0 Å². The van der Waals surface area contributed by atoms with Crippen LogP contribution in [0.4, 0.5) is 18.9 Å². The Morgan fingerprint density at radius 2 is 2.00 bits per heavy atom. The molecule has 0 aliphatic heterocycles. The van der Waals surface area contributed by atoms with Crippen LogP contribution >= 0.6 is 11.6 Å². The molecule has 0 bridgehead atoms. The minimum Gasteiger partial charge on any atom is -0.398 e. The molecule has 0 aliphatic carbocycles. The van der Waals surface area contributed by atoms with E-state index in [1.165, 1.54) is 11.9 Å². The smallest absolute Gasteiger partial charge is 0.398 e. The van der Waals surface area contributed by atoms with Crippen LogP contribution in [0.1, 0.15) is 5.56 Å². The lowest BCUT2D eigenvalue weighted by Crippen LogP contribution is -2.30. The zero-order valence-electron chi connectivity index (χ0n) is 8.68.